The van der Waals surface area contributed by atoms with Gasteiger partial charge in [0, 0.05) is 45.2 Å². The number of ether oxygens (including phenoxy) is 2. The van der Waals surface area contributed by atoms with E-state index < -0.39 is 6.10 Å². The highest BCUT2D eigenvalue weighted by molar-refractivity contribution is 5.95. The molecule has 0 unspecified atom stereocenters. The molecule has 0 spiro atoms. The van der Waals surface area contributed by atoms with E-state index in [0.29, 0.717) is 50.2 Å². The van der Waals surface area contributed by atoms with Crippen LogP contribution in [0.15, 0.2) is 35.1 Å². The van der Waals surface area contributed by atoms with E-state index in [-0.39, 0.29) is 18.2 Å². The highest BCUT2D eigenvalue weighted by atomic mass is 16.5. The van der Waals surface area contributed by atoms with Crippen LogP contribution < -0.4 is 15.0 Å². The summed E-state index contributed by atoms with van der Waals surface area (Å²) in [4.78, 5) is 31.1. The first-order chi connectivity index (χ1) is 20.5. The van der Waals surface area contributed by atoms with E-state index in [1.807, 2.05) is 13.0 Å². The number of β-amino-alcohol motifs (C(OH)–C–C–N with tert-alkyl or cyclic N) is 1. The number of fused-ring (bicyclic) bond motifs is 1. The van der Waals surface area contributed by atoms with Crippen LogP contribution in [0.1, 0.15) is 65.2 Å². The van der Waals surface area contributed by atoms with Crippen molar-refractivity contribution in [2.45, 2.75) is 70.7 Å². The van der Waals surface area contributed by atoms with Gasteiger partial charge in [0.25, 0.3) is 0 Å². The van der Waals surface area contributed by atoms with Crippen molar-refractivity contribution >= 4 is 17.5 Å². The minimum atomic E-state index is -0.601. The predicted molar refractivity (Wildman–Crippen MR) is 157 cm³/mol. The van der Waals surface area contributed by atoms with Gasteiger partial charge >= 0.3 is 0 Å². The number of oxazole rings is 1. The molecule has 6 rings (SSSR count). The number of aliphatic hydroxyl groups is 1. The Kier molecular flexibility index (Phi) is 8.97. The molecule has 11 heteroatoms. The SMILES string of the molecule is Cc1ncoc1COc1ccc2c(c1)CCN(C[C@@H](O)CCC(=O)c1cc(NC3COC3)nc(N3CCCCC3)n1)C2. The van der Waals surface area contributed by atoms with Crippen molar-refractivity contribution in [2.75, 3.05) is 49.6 Å². The lowest BCUT2D eigenvalue weighted by Crippen LogP contribution is -2.40. The molecule has 2 aromatic heterocycles. The molecule has 1 aromatic carbocycles. The van der Waals surface area contributed by atoms with Crippen molar-refractivity contribution < 1.29 is 23.8 Å². The summed E-state index contributed by atoms with van der Waals surface area (Å²) in [5.74, 6) is 2.74. The fourth-order valence-corrected chi connectivity index (χ4v) is 5.68. The number of hydrogen-bond donors (Lipinski definition) is 2. The highest BCUT2D eigenvalue weighted by Gasteiger charge is 2.24. The predicted octanol–water partition coefficient (Wildman–Crippen LogP) is 3.54. The Hall–Kier alpha value is -3.54. The molecule has 0 saturated carbocycles. The molecule has 2 N–H and O–H groups in total. The molecule has 3 aromatic rings. The van der Waals surface area contributed by atoms with E-state index in [1.54, 1.807) is 6.07 Å². The number of hydrogen-bond acceptors (Lipinski definition) is 11. The molecule has 1 atom stereocenters. The summed E-state index contributed by atoms with van der Waals surface area (Å²) in [6, 6.07) is 8.11. The van der Waals surface area contributed by atoms with Gasteiger partial charge in [-0.25, -0.2) is 9.97 Å². The normalized spacial score (nSPS) is 18.3. The number of rotatable bonds is 12. The second kappa shape index (κ2) is 13.2. The molecule has 0 aliphatic carbocycles. The third-order valence-corrected chi connectivity index (χ3v) is 8.29. The first kappa shape index (κ1) is 28.6. The van der Waals surface area contributed by atoms with Gasteiger partial charge in [-0.1, -0.05) is 6.07 Å². The lowest BCUT2D eigenvalue weighted by atomic mass is 9.98. The summed E-state index contributed by atoms with van der Waals surface area (Å²) in [6.45, 7) is 7.44. The van der Waals surface area contributed by atoms with Crippen LogP contribution in [-0.4, -0.2) is 82.3 Å². The fourth-order valence-electron chi connectivity index (χ4n) is 5.68. The number of carbonyl (C=O) groups excluding carboxylic acids is 1. The molecule has 42 heavy (non-hydrogen) atoms. The number of nitrogens with one attached hydrogen (secondary N) is 1. The summed E-state index contributed by atoms with van der Waals surface area (Å²) in [6.07, 6.45) is 5.75. The number of ketones is 1. The fraction of sp³-hybridized carbons (Fsp3) is 0.548. The van der Waals surface area contributed by atoms with Crippen LogP contribution in [0.2, 0.25) is 0 Å². The average molecular weight is 577 g/mol. The second-order valence-corrected chi connectivity index (χ2v) is 11.5. The van der Waals surface area contributed by atoms with Crippen LogP contribution >= 0.6 is 0 Å². The van der Waals surface area contributed by atoms with Crippen LogP contribution in [-0.2, 0) is 24.3 Å². The zero-order valence-corrected chi connectivity index (χ0v) is 24.3. The van der Waals surface area contributed by atoms with E-state index in [0.717, 1.165) is 62.6 Å². The molecule has 2 fully saturated rings. The topological polar surface area (TPSA) is 126 Å². The standard InChI is InChI=1S/C31H40N6O5/c1-21-29(42-20-32-21)19-41-26-7-5-23-15-36(12-9-22(23)13-26)16-25(38)6-8-28(39)27-14-30(33-24-17-40-18-24)35-31(34-27)37-10-3-2-4-11-37/h5,7,13-14,20,24-25,38H,2-4,6,8-12,15-19H2,1H3,(H,33,34,35)/t25-/m0/s1. The number of piperidine rings is 1. The van der Waals surface area contributed by atoms with Crippen molar-refractivity contribution in [1.29, 1.82) is 0 Å². The third kappa shape index (κ3) is 7.08. The summed E-state index contributed by atoms with van der Waals surface area (Å²) in [5, 5.41) is 14.2. The molecule has 3 aliphatic rings. The van der Waals surface area contributed by atoms with Gasteiger partial charge in [0.1, 0.15) is 23.9 Å². The number of aryl methyl sites for hydroxylation is 1. The molecule has 11 nitrogen and oxygen atoms in total. The Morgan fingerprint density at radius 1 is 1.14 bits per heavy atom. The quantitative estimate of drug-likeness (QED) is 0.308. The van der Waals surface area contributed by atoms with Crippen molar-refractivity contribution in [3.8, 4) is 5.75 Å². The van der Waals surface area contributed by atoms with E-state index in [2.05, 4.69) is 37.2 Å². The molecular formula is C31H40N6O5. The number of aliphatic hydroxyl groups excluding tert-OH is 1. The zero-order valence-electron chi connectivity index (χ0n) is 24.3. The van der Waals surface area contributed by atoms with Crippen molar-refractivity contribution in [2.24, 2.45) is 0 Å². The van der Waals surface area contributed by atoms with E-state index in [1.165, 1.54) is 23.9 Å². The van der Waals surface area contributed by atoms with Gasteiger partial charge in [-0.15, -0.1) is 0 Å². The zero-order chi connectivity index (χ0) is 28.9. The molecule has 0 amide bonds. The molecule has 3 aliphatic heterocycles. The number of nitrogens with zero attached hydrogens (tertiary/aromatic N) is 5. The number of anilines is 2. The largest absolute Gasteiger partial charge is 0.486 e. The van der Waals surface area contributed by atoms with Gasteiger partial charge in [-0.2, -0.15) is 4.98 Å². The lowest BCUT2D eigenvalue weighted by Gasteiger charge is -2.30. The minimum absolute atomic E-state index is 0.0698. The van der Waals surface area contributed by atoms with E-state index >= 15 is 0 Å². The van der Waals surface area contributed by atoms with Gasteiger partial charge in [0.2, 0.25) is 5.95 Å². The van der Waals surface area contributed by atoms with E-state index in [9.17, 15) is 9.90 Å². The van der Waals surface area contributed by atoms with Gasteiger partial charge < -0.3 is 29.2 Å². The smallest absolute Gasteiger partial charge is 0.227 e. The molecule has 0 radical (unpaired) electrons. The third-order valence-electron chi connectivity index (χ3n) is 8.29. The average Bonchev–Trinajstić information content (AvgIpc) is 3.41. The summed E-state index contributed by atoms with van der Waals surface area (Å²) in [7, 11) is 0. The summed E-state index contributed by atoms with van der Waals surface area (Å²) < 4.78 is 16.6. The van der Waals surface area contributed by atoms with Crippen LogP contribution in [0.3, 0.4) is 0 Å². The minimum Gasteiger partial charge on any atom is -0.486 e. The van der Waals surface area contributed by atoms with Crippen LogP contribution in [0.4, 0.5) is 11.8 Å². The van der Waals surface area contributed by atoms with Gasteiger partial charge in [-0.3, -0.25) is 9.69 Å². The molecule has 5 heterocycles. The monoisotopic (exact) mass is 576 g/mol. The van der Waals surface area contributed by atoms with Gasteiger partial charge in [-0.05, 0) is 62.3 Å². The molecule has 0 bridgehead atoms. The highest BCUT2D eigenvalue weighted by Crippen LogP contribution is 2.26. The second-order valence-electron chi connectivity index (χ2n) is 11.5. The van der Waals surface area contributed by atoms with Crippen molar-refractivity contribution in [3.63, 3.8) is 0 Å². The number of Topliss-reactive ketones (excluding diaryl/α,β-unsaturated/α-hetero) is 1. The Balaban J connectivity index is 1.01. The molecule has 2 saturated heterocycles. The van der Waals surface area contributed by atoms with E-state index in [4.69, 9.17) is 18.9 Å². The van der Waals surface area contributed by atoms with Gasteiger partial charge in [0.05, 0.1) is 31.1 Å². The number of benzene rings is 1. The Morgan fingerprint density at radius 3 is 2.76 bits per heavy atom. The Bertz CT molecular complexity index is 1370. The number of carbonyl (C=O) groups is 1. The maximum Gasteiger partial charge on any atom is 0.227 e. The van der Waals surface area contributed by atoms with Gasteiger partial charge in [0.15, 0.2) is 17.9 Å². The maximum atomic E-state index is 13.2. The number of aromatic nitrogens is 3. The summed E-state index contributed by atoms with van der Waals surface area (Å²) in [5.41, 5.74) is 3.73. The Labute approximate surface area is 246 Å². The van der Waals surface area contributed by atoms with Crippen LogP contribution in [0.25, 0.3) is 0 Å². The molecule has 224 valence electrons. The first-order valence-corrected chi connectivity index (χ1v) is 15.1. The van der Waals surface area contributed by atoms with Crippen LogP contribution in [0, 0.1) is 6.92 Å². The first-order valence-electron chi connectivity index (χ1n) is 15.1. The molecular weight excluding hydrogens is 536 g/mol. The maximum absolute atomic E-state index is 13.2. The van der Waals surface area contributed by atoms with Crippen molar-refractivity contribution in [3.05, 3.63) is 58.9 Å². The lowest BCUT2D eigenvalue weighted by molar-refractivity contribution is 0.0209. The van der Waals surface area contributed by atoms with Crippen molar-refractivity contribution in [1.82, 2.24) is 19.9 Å². The Morgan fingerprint density at radius 2 is 2.00 bits per heavy atom. The van der Waals surface area contributed by atoms with Crippen LogP contribution in [0.5, 0.6) is 5.75 Å². The summed E-state index contributed by atoms with van der Waals surface area (Å²) >= 11 is 0.